The van der Waals surface area contributed by atoms with Crippen LogP contribution in [0.1, 0.15) is 39.7 Å². The first-order chi connectivity index (χ1) is 11.6. The van der Waals surface area contributed by atoms with Gasteiger partial charge in [-0.3, -0.25) is 4.99 Å². The van der Waals surface area contributed by atoms with Crippen LogP contribution in [0.15, 0.2) is 23.2 Å². The third-order valence-electron chi connectivity index (χ3n) is 3.42. The summed E-state index contributed by atoms with van der Waals surface area (Å²) in [5, 5.41) is 6.67. The van der Waals surface area contributed by atoms with Crippen molar-refractivity contribution in [2.75, 3.05) is 33.4 Å². The Labute approximate surface area is 146 Å². The van der Waals surface area contributed by atoms with Crippen molar-refractivity contribution in [2.24, 2.45) is 10.9 Å². The van der Waals surface area contributed by atoms with Crippen LogP contribution in [0.5, 0.6) is 11.5 Å². The summed E-state index contributed by atoms with van der Waals surface area (Å²) in [5.41, 5.74) is 1.25. The van der Waals surface area contributed by atoms with E-state index >= 15 is 0 Å². The Balaban J connectivity index is 2.48. The second-order valence-corrected chi connectivity index (χ2v) is 6.06. The molecule has 24 heavy (non-hydrogen) atoms. The van der Waals surface area contributed by atoms with Crippen molar-refractivity contribution < 1.29 is 9.47 Å². The van der Waals surface area contributed by atoms with Crippen molar-refractivity contribution >= 4 is 5.96 Å². The molecule has 0 aliphatic carbocycles. The highest BCUT2D eigenvalue weighted by atomic mass is 16.5. The van der Waals surface area contributed by atoms with Gasteiger partial charge >= 0.3 is 0 Å². The Bertz CT molecular complexity index is 501. The average Bonchev–Trinajstić information content (AvgIpc) is 2.57. The predicted octanol–water partition coefficient (Wildman–Crippen LogP) is 3.24. The van der Waals surface area contributed by atoms with E-state index in [1.54, 1.807) is 7.11 Å². The van der Waals surface area contributed by atoms with E-state index in [-0.39, 0.29) is 0 Å². The van der Waals surface area contributed by atoms with Crippen molar-refractivity contribution in [3.8, 4) is 11.5 Å². The number of guanidine groups is 1. The average molecular weight is 335 g/mol. The molecule has 0 heterocycles. The minimum absolute atomic E-state index is 0.566. The van der Waals surface area contributed by atoms with Gasteiger partial charge in [0.25, 0.3) is 0 Å². The van der Waals surface area contributed by atoms with Gasteiger partial charge in [0, 0.05) is 19.6 Å². The van der Waals surface area contributed by atoms with Crippen LogP contribution in [0.25, 0.3) is 0 Å². The van der Waals surface area contributed by atoms with Gasteiger partial charge in [0.1, 0.15) is 0 Å². The summed E-state index contributed by atoms with van der Waals surface area (Å²) in [7, 11) is 1.67. The number of ether oxygens (including phenoxy) is 2. The summed E-state index contributed by atoms with van der Waals surface area (Å²) in [4.78, 5) is 4.58. The maximum Gasteiger partial charge on any atom is 0.191 e. The standard InChI is InChI=1S/C19H33N3O2/c1-6-20-19(22-14-15(3)4)21-12-8-9-16-10-11-17(23-5)18(13-16)24-7-2/h10-11,13,15H,6-9,12,14H2,1-5H3,(H2,20,21,22). The summed E-state index contributed by atoms with van der Waals surface area (Å²) in [6.07, 6.45) is 2.02. The molecule has 0 unspecified atom stereocenters. The number of aliphatic imine (C=N–C) groups is 1. The lowest BCUT2D eigenvalue weighted by Gasteiger charge is -2.13. The molecule has 0 bridgehead atoms. The topological polar surface area (TPSA) is 54.9 Å². The van der Waals surface area contributed by atoms with Gasteiger partial charge in [-0.25, -0.2) is 0 Å². The monoisotopic (exact) mass is 335 g/mol. The van der Waals surface area contributed by atoms with Crippen LogP contribution in [0.3, 0.4) is 0 Å². The van der Waals surface area contributed by atoms with E-state index in [2.05, 4.69) is 48.5 Å². The molecule has 0 saturated carbocycles. The van der Waals surface area contributed by atoms with Crippen LogP contribution < -0.4 is 20.1 Å². The van der Waals surface area contributed by atoms with Crippen LogP contribution in [-0.2, 0) is 6.42 Å². The maximum atomic E-state index is 5.63. The zero-order valence-corrected chi connectivity index (χ0v) is 15.8. The number of rotatable bonds is 10. The number of hydrogen-bond acceptors (Lipinski definition) is 3. The third kappa shape index (κ3) is 7.57. The number of methoxy groups -OCH3 is 1. The molecule has 0 radical (unpaired) electrons. The summed E-state index contributed by atoms with van der Waals surface area (Å²) >= 11 is 0. The van der Waals surface area contributed by atoms with Crippen molar-refractivity contribution in [2.45, 2.75) is 40.5 Å². The second-order valence-electron chi connectivity index (χ2n) is 6.06. The Morgan fingerprint density at radius 1 is 1.17 bits per heavy atom. The molecule has 0 spiro atoms. The lowest BCUT2D eigenvalue weighted by molar-refractivity contribution is 0.310. The molecule has 0 saturated heterocycles. The number of aryl methyl sites for hydroxylation is 1. The molecule has 2 N–H and O–H groups in total. The van der Waals surface area contributed by atoms with Gasteiger partial charge in [-0.15, -0.1) is 0 Å². The van der Waals surface area contributed by atoms with Gasteiger partial charge < -0.3 is 20.1 Å². The summed E-state index contributed by atoms with van der Waals surface area (Å²) < 4.78 is 11.0. The summed E-state index contributed by atoms with van der Waals surface area (Å²) in [5.74, 6) is 3.07. The molecule has 0 fully saturated rings. The van der Waals surface area contributed by atoms with E-state index in [0.29, 0.717) is 12.5 Å². The fraction of sp³-hybridized carbons (Fsp3) is 0.632. The number of nitrogens with one attached hydrogen (secondary N) is 2. The molecule has 0 atom stereocenters. The molecule has 136 valence electrons. The van der Waals surface area contributed by atoms with Gasteiger partial charge in [-0.1, -0.05) is 19.9 Å². The van der Waals surface area contributed by atoms with Crippen molar-refractivity contribution in [3.05, 3.63) is 23.8 Å². The van der Waals surface area contributed by atoms with Gasteiger partial charge in [0.15, 0.2) is 17.5 Å². The molecule has 5 nitrogen and oxygen atoms in total. The van der Waals surface area contributed by atoms with Crippen molar-refractivity contribution in [1.82, 2.24) is 10.6 Å². The summed E-state index contributed by atoms with van der Waals surface area (Å²) in [6.45, 7) is 11.7. The molecular formula is C19H33N3O2. The van der Waals surface area contributed by atoms with Crippen LogP contribution in [0, 0.1) is 5.92 Å². The third-order valence-corrected chi connectivity index (χ3v) is 3.42. The Morgan fingerprint density at radius 2 is 1.96 bits per heavy atom. The zero-order valence-electron chi connectivity index (χ0n) is 15.8. The predicted molar refractivity (Wildman–Crippen MR) is 101 cm³/mol. The highest BCUT2D eigenvalue weighted by Gasteiger charge is 2.05. The smallest absolute Gasteiger partial charge is 0.191 e. The molecule has 0 aliphatic heterocycles. The zero-order chi connectivity index (χ0) is 17.8. The van der Waals surface area contributed by atoms with Crippen molar-refractivity contribution in [1.29, 1.82) is 0 Å². The summed E-state index contributed by atoms with van der Waals surface area (Å²) in [6, 6.07) is 6.14. The molecule has 0 aliphatic rings. The highest BCUT2D eigenvalue weighted by Crippen LogP contribution is 2.28. The first-order valence-corrected chi connectivity index (χ1v) is 8.92. The largest absolute Gasteiger partial charge is 0.493 e. The van der Waals surface area contributed by atoms with E-state index in [4.69, 9.17) is 9.47 Å². The number of nitrogens with zero attached hydrogens (tertiary/aromatic N) is 1. The maximum absolute atomic E-state index is 5.63. The van der Waals surface area contributed by atoms with Gasteiger partial charge in [-0.05, 0) is 50.3 Å². The number of hydrogen-bond donors (Lipinski definition) is 2. The Kier molecular flexibility index (Phi) is 9.73. The first-order valence-electron chi connectivity index (χ1n) is 8.92. The molecule has 1 rings (SSSR count). The van der Waals surface area contributed by atoms with Crippen LogP contribution in [-0.4, -0.2) is 39.3 Å². The fourth-order valence-electron chi connectivity index (χ4n) is 2.26. The lowest BCUT2D eigenvalue weighted by atomic mass is 10.1. The molecule has 1 aromatic rings. The quantitative estimate of drug-likeness (QED) is 0.391. The van der Waals surface area contributed by atoms with Crippen LogP contribution >= 0.6 is 0 Å². The van der Waals surface area contributed by atoms with E-state index in [1.165, 1.54) is 5.56 Å². The van der Waals surface area contributed by atoms with E-state index in [1.807, 2.05) is 13.0 Å². The second kappa shape index (κ2) is 11.6. The molecule has 0 aromatic heterocycles. The van der Waals surface area contributed by atoms with E-state index in [9.17, 15) is 0 Å². The SMILES string of the molecule is CCNC(=NCC(C)C)NCCCc1ccc(OC)c(OCC)c1. The minimum Gasteiger partial charge on any atom is -0.493 e. The normalized spacial score (nSPS) is 11.5. The van der Waals surface area contributed by atoms with Gasteiger partial charge in [0.05, 0.1) is 13.7 Å². The minimum atomic E-state index is 0.566. The molecule has 0 amide bonds. The first kappa shape index (κ1) is 20.1. The number of benzene rings is 1. The molecule has 1 aromatic carbocycles. The van der Waals surface area contributed by atoms with Crippen LogP contribution in [0.4, 0.5) is 0 Å². The van der Waals surface area contributed by atoms with E-state index in [0.717, 1.165) is 49.9 Å². The molecule has 5 heteroatoms. The van der Waals surface area contributed by atoms with Crippen LogP contribution in [0.2, 0.25) is 0 Å². The van der Waals surface area contributed by atoms with Crippen molar-refractivity contribution in [3.63, 3.8) is 0 Å². The fourth-order valence-corrected chi connectivity index (χ4v) is 2.26. The van der Waals surface area contributed by atoms with Gasteiger partial charge in [-0.2, -0.15) is 0 Å². The molecular weight excluding hydrogens is 302 g/mol. The lowest BCUT2D eigenvalue weighted by Crippen LogP contribution is -2.38. The Morgan fingerprint density at radius 3 is 2.58 bits per heavy atom. The Hall–Kier alpha value is -1.91. The van der Waals surface area contributed by atoms with E-state index < -0.39 is 0 Å². The highest BCUT2D eigenvalue weighted by molar-refractivity contribution is 5.79. The van der Waals surface area contributed by atoms with Gasteiger partial charge in [0.2, 0.25) is 0 Å².